The van der Waals surface area contributed by atoms with Crippen LogP contribution in [0.1, 0.15) is 33.5 Å². The van der Waals surface area contributed by atoms with Crippen molar-refractivity contribution in [3.8, 4) is 11.1 Å². The molecule has 0 saturated heterocycles. The van der Waals surface area contributed by atoms with Crippen molar-refractivity contribution in [1.82, 2.24) is 0 Å². The van der Waals surface area contributed by atoms with Gasteiger partial charge in [-0.2, -0.15) is 0 Å². The van der Waals surface area contributed by atoms with Crippen LogP contribution in [0.4, 0.5) is 0 Å². The van der Waals surface area contributed by atoms with Crippen LogP contribution in [0.5, 0.6) is 0 Å². The van der Waals surface area contributed by atoms with Crippen molar-refractivity contribution in [3.05, 3.63) is 131 Å². The minimum absolute atomic E-state index is 0.293. The third-order valence-electron chi connectivity index (χ3n) is 6.58. The molecule has 1 heteroatoms. The van der Waals surface area contributed by atoms with Gasteiger partial charge in [0.25, 0.3) is 0 Å². The maximum Gasteiger partial charge on any atom is 0.169 e. The van der Waals surface area contributed by atoms with E-state index in [1.165, 1.54) is 27.8 Å². The van der Waals surface area contributed by atoms with E-state index in [1.807, 2.05) is 18.2 Å². The second-order valence-corrected chi connectivity index (χ2v) is 8.67. The second-order valence-electron chi connectivity index (χ2n) is 8.67. The van der Waals surface area contributed by atoms with Gasteiger partial charge in [0.05, 0.1) is 0 Å². The molecule has 0 N–H and O–H groups in total. The molecule has 0 unspecified atom stereocenters. The van der Waals surface area contributed by atoms with E-state index in [4.69, 9.17) is 0 Å². The Hall–Kier alpha value is -3.45. The lowest BCUT2D eigenvalue weighted by molar-refractivity contribution is 0.0753. The first-order valence-corrected chi connectivity index (χ1v) is 11.0. The Kier molecular flexibility index (Phi) is 5.26. The summed E-state index contributed by atoms with van der Waals surface area (Å²) in [5.41, 5.74) is 6.53. The van der Waals surface area contributed by atoms with Crippen LogP contribution in [-0.4, -0.2) is 5.78 Å². The first kappa shape index (κ1) is 19.5. The van der Waals surface area contributed by atoms with Crippen LogP contribution in [0.15, 0.2) is 109 Å². The first-order chi connectivity index (χ1) is 15.2. The summed E-state index contributed by atoms with van der Waals surface area (Å²) in [6.07, 6.45) is 3.37. The fraction of sp³-hybridized carbons (Fsp3) is 0.167. The average molecular weight is 403 g/mol. The van der Waals surface area contributed by atoms with Gasteiger partial charge in [-0.3, -0.25) is 4.79 Å². The molecule has 0 fully saturated rings. The minimum Gasteiger partial charge on any atom is -0.294 e. The predicted molar refractivity (Wildman–Crippen MR) is 127 cm³/mol. The van der Waals surface area contributed by atoms with Gasteiger partial charge in [-0.05, 0) is 53.5 Å². The van der Waals surface area contributed by atoms with E-state index in [-0.39, 0.29) is 0 Å². The molecule has 4 aromatic carbocycles. The van der Waals surface area contributed by atoms with Gasteiger partial charge in [0.2, 0.25) is 0 Å². The lowest BCUT2D eigenvalue weighted by Gasteiger charge is -2.37. The summed E-state index contributed by atoms with van der Waals surface area (Å²) in [5, 5.41) is 0. The molecule has 0 aromatic heterocycles. The zero-order valence-electron chi connectivity index (χ0n) is 17.6. The summed E-state index contributed by atoms with van der Waals surface area (Å²) in [5.74, 6) is 0.293. The normalized spacial score (nSPS) is 14.8. The third kappa shape index (κ3) is 3.96. The molecule has 152 valence electrons. The summed E-state index contributed by atoms with van der Waals surface area (Å²) >= 11 is 0. The molecule has 0 heterocycles. The van der Waals surface area contributed by atoms with E-state index in [1.54, 1.807) is 0 Å². The Morgan fingerprint density at radius 1 is 0.613 bits per heavy atom. The van der Waals surface area contributed by atoms with Crippen molar-refractivity contribution in [3.63, 3.8) is 0 Å². The van der Waals surface area contributed by atoms with Crippen molar-refractivity contribution in [1.29, 1.82) is 0 Å². The second kappa shape index (κ2) is 8.35. The van der Waals surface area contributed by atoms with E-state index in [0.717, 1.165) is 31.2 Å². The summed E-state index contributed by atoms with van der Waals surface area (Å²) < 4.78 is 0. The summed E-state index contributed by atoms with van der Waals surface area (Å²) in [7, 11) is 0. The number of benzene rings is 4. The largest absolute Gasteiger partial charge is 0.294 e. The fourth-order valence-electron chi connectivity index (χ4n) is 4.98. The molecule has 1 nitrogen and oxygen atoms in total. The van der Waals surface area contributed by atoms with E-state index in [0.29, 0.717) is 5.78 Å². The molecule has 0 amide bonds. The van der Waals surface area contributed by atoms with Gasteiger partial charge in [-0.25, -0.2) is 0 Å². The highest BCUT2D eigenvalue weighted by molar-refractivity contribution is 6.03. The molecule has 5 rings (SSSR count). The quantitative estimate of drug-likeness (QED) is 0.353. The maximum absolute atomic E-state index is 14.0. The monoisotopic (exact) mass is 402 g/mol. The molecule has 0 bridgehead atoms. The third-order valence-corrected chi connectivity index (χ3v) is 6.58. The molecular weight excluding hydrogens is 376 g/mol. The standard InChI is InChI=1S/C30H26O/c31-29-28-17-16-26(25-14-8-3-9-15-25)20-27(28)18-19-30(29,21-23-10-4-1-5-11-23)22-24-12-6-2-7-13-24/h1-17,20H,18-19,21-22H2. The molecule has 31 heavy (non-hydrogen) atoms. The highest BCUT2D eigenvalue weighted by atomic mass is 16.1. The SMILES string of the molecule is O=C1c2ccc(-c3ccccc3)cc2CCC1(Cc1ccccc1)Cc1ccccc1. The molecule has 1 aliphatic carbocycles. The van der Waals surface area contributed by atoms with Crippen molar-refractivity contribution in [2.24, 2.45) is 5.41 Å². The van der Waals surface area contributed by atoms with Crippen LogP contribution < -0.4 is 0 Å². The van der Waals surface area contributed by atoms with Gasteiger partial charge < -0.3 is 0 Å². The van der Waals surface area contributed by atoms with Crippen molar-refractivity contribution in [2.75, 3.05) is 0 Å². The zero-order valence-corrected chi connectivity index (χ0v) is 17.6. The van der Waals surface area contributed by atoms with Gasteiger partial charge in [-0.1, -0.05) is 109 Å². The van der Waals surface area contributed by atoms with E-state index in [2.05, 4.69) is 91.0 Å². The van der Waals surface area contributed by atoms with Gasteiger partial charge in [0.1, 0.15) is 0 Å². The summed E-state index contributed by atoms with van der Waals surface area (Å²) in [4.78, 5) is 14.0. The number of rotatable bonds is 5. The highest BCUT2D eigenvalue weighted by Gasteiger charge is 2.42. The minimum atomic E-state index is -0.399. The average Bonchev–Trinajstić information content (AvgIpc) is 2.83. The van der Waals surface area contributed by atoms with Crippen LogP contribution in [0.25, 0.3) is 11.1 Å². The lowest BCUT2D eigenvalue weighted by atomic mass is 9.64. The topological polar surface area (TPSA) is 17.1 Å². The van der Waals surface area contributed by atoms with E-state index < -0.39 is 5.41 Å². The molecule has 1 aliphatic rings. The first-order valence-electron chi connectivity index (χ1n) is 11.0. The van der Waals surface area contributed by atoms with Crippen LogP contribution in [0.2, 0.25) is 0 Å². The van der Waals surface area contributed by atoms with Gasteiger partial charge >= 0.3 is 0 Å². The Labute approximate surface area is 184 Å². The number of ketones is 1. The number of fused-ring (bicyclic) bond motifs is 1. The van der Waals surface area contributed by atoms with E-state index >= 15 is 0 Å². The number of aryl methyl sites for hydroxylation is 1. The van der Waals surface area contributed by atoms with Crippen LogP contribution in [0, 0.1) is 5.41 Å². The van der Waals surface area contributed by atoms with E-state index in [9.17, 15) is 4.79 Å². The van der Waals surface area contributed by atoms with Gasteiger partial charge in [-0.15, -0.1) is 0 Å². The lowest BCUT2D eigenvalue weighted by Crippen LogP contribution is -2.40. The number of carbonyl (C=O) groups excluding carboxylic acids is 1. The predicted octanol–water partition coefficient (Wildman–Crippen LogP) is 6.95. The molecule has 4 aromatic rings. The highest BCUT2D eigenvalue weighted by Crippen LogP contribution is 2.42. The Bertz CT molecular complexity index is 1140. The Morgan fingerprint density at radius 2 is 1.16 bits per heavy atom. The zero-order chi connectivity index (χ0) is 21.1. The van der Waals surface area contributed by atoms with Gasteiger partial charge in [0.15, 0.2) is 5.78 Å². The molecule has 0 atom stereocenters. The number of carbonyl (C=O) groups is 1. The van der Waals surface area contributed by atoms with Crippen LogP contribution in [-0.2, 0) is 19.3 Å². The molecule has 0 aliphatic heterocycles. The molecule has 0 spiro atoms. The number of hydrogen-bond donors (Lipinski definition) is 0. The fourth-order valence-corrected chi connectivity index (χ4v) is 4.98. The van der Waals surface area contributed by atoms with Gasteiger partial charge in [0, 0.05) is 11.0 Å². The Morgan fingerprint density at radius 3 is 1.74 bits per heavy atom. The Balaban J connectivity index is 1.53. The smallest absolute Gasteiger partial charge is 0.169 e. The van der Waals surface area contributed by atoms with Crippen LogP contribution in [0.3, 0.4) is 0 Å². The van der Waals surface area contributed by atoms with Crippen molar-refractivity contribution >= 4 is 5.78 Å². The molecular formula is C30H26O. The number of hydrogen-bond acceptors (Lipinski definition) is 1. The summed E-state index contributed by atoms with van der Waals surface area (Å²) in [6, 6.07) is 37.7. The van der Waals surface area contributed by atoms with Crippen molar-refractivity contribution in [2.45, 2.75) is 25.7 Å². The van der Waals surface area contributed by atoms with Crippen LogP contribution >= 0.6 is 0 Å². The molecule has 0 radical (unpaired) electrons. The van der Waals surface area contributed by atoms with Crippen molar-refractivity contribution < 1.29 is 4.79 Å². The summed E-state index contributed by atoms with van der Waals surface area (Å²) in [6.45, 7) is 0. The number of Topliss-reactive ketones (excluding diaryl/α,β-unsaturated/α-hetero) is 1. The maximum atomic E-state index is 14.0. The molecule has 0 saturated carbocycles.